The fraction of sp³-hybridized carbons (Fsp3) is 0.222. The third-order valence-corrected chi connectivity index (χ3v) is 2.26. The van der Waals surface area contributed by atoms with Crippen molar-refractivity contribution in [1.82, 2.24) is 0 Å². The average molecular weight is 259 g/mol. The van der Waals surface area contributed by atoms with Crippen LogP contribution in [0, 0.1) is 0 Å². The first-order chi connectivity index (χ1) is 6.65. The molecule has 1 N–H and O–H groups in total. The molecule has 4 nitrogen and oxygen atoms in total. The molecule has 5 heteroatoms. The molecule has 1 atom stereocenters. The van der Waals surface area contributed by atoms with E-state index in [4.69, 9.17) is 14.6 Å². The van der Waals surface area contributed by atoms with E-state index in [1.54, 1.807) is 12.1 Å². The van der Waals surface area contributed by atoms with Crippen LogP contribution >= 0.6 is 15.9 Å². The van der Waals surface area contributed by atoms with Crippen LogP contribution in [0.2, 0.25) is 0 Å². The minimum atomic E-state index is -0.943. The molecule has 2 rings (SSSR count). The van der Waals surface area contributed by atoms with E-state index in [0.717, 1.165) is 4.47 Å². The maximum Gasteiger partial charge on any atom is 0.310 e. The molecule has 1 aromatic carbocycles. The Morgan fingerprint density at radius 3 is 2.86 bits per heavy atom. The standard InChI is InChI=1S/C9H7BrO4/c10-5-1-2-6-7(3-5)14-9(13-6)4-8(11)12/h1-3,9H,4H2,(H,11,12). The van der Waals surface area contributed by atoms with Gasteiger partial charge in [0.25, 0.3) is 6.29 Å². The van der Waals surface area contributed by atoms with Crippen LogP contribution in [0.5, 0.6) is 11.5 Å². The molecule has 0 fully saturated rings. The fourth-order valence-electron chi connectivity index (χ4n) is 1.20. The van der Waals surface area contributed by atoms with Gasteiger partial charge >= 0.3 is 5.97 Å². The number of fused-ring (bicyclic) bond motifs is 1. The van der Waals surface area contributed by atoms with Crippen LogP contribution in [0.15, 0.2) is 22.7 Å². The molecule has 14 heavy (non-hydrogen) atoms. The van der Waals surface area contributed by atoms with Crippen LogP contribution in [0.4, 0.5) is 0 Å². The number of benzene rings is 1. The zero-order chi connectivity index (χ0) is 10.1. The summed E-state index contributed by atoms with van der Waals surface area (Å²) in [5.74, 6) is 0.215. The summed E-state index contributed by atoms with van der Waals surface area (Å²) in [5.41, 5.74) is 0. The molecule has 1 unspecified atom stereocenters. The maximum atomic E-state index is 10.4. The largest absolute Gasteiger partial charge is 0.481 e. The molecule has 1 heterocycles. The first kappa shape index (κ1) is 9.33. The van der Waals surface area contributed by atoms with Crippen molar-refractivity contribution >= 4 is 21.9 Å². The Morgan fingerprint density at radius 2 is 2.14 bits per heavy atom. The smallest absolute Gasteiger partial charge is 0.310 e. The van der Waals surface area contributed by atoms with Gasteiger partial charge in [-0.1, -0.05) is 15.9 Å². The van der Waals surface area contributed by atoms with Gasteiger partial charge in [0.1, 0.15) is 6.42 Å². The van der Waals surface area contributed by atoms with Crippen molar-refractivity contribution in [2.24, 2.45) is 0 Å². The number of aliphatic carboxylic acids is 1. The lowest BCUT2D eigenvalue weighted by molar-refractivity contribution is -0.141. The molecule has 0 saturated heterocycles. The van der Waals surface area contributed by atoms with E-state index in [1.807, 2.05) is 6.07 Å². The number of ether oxygens (including phenoxy) is 2. The Labute approximate surface area is 88.6 Å². The fourth-order valence-corrected chi connectivity index (χ4v) is 1.54. The first-order valence-corrected chi connectivity index (χ1v) is 4.79. The highest BCUT2D eigenvalue weighted by atomic mass is 79.9. The normalized spacial score (nSPS) is 18.2. The summed E-state index contributed by atoms with van der Waals surface area (Å²) in [5, 5.41) is 8.54. The van der Waals surface area contributed by atoms with Gasteiger partial charge in [-0.2, -0.15) is 0 Å². The Balaban J connectivity index is 2.14. The predicted octanol–water partition coefficient (Wildman–Crippen LogP) is 2.02. The van der Waals surface area contributed by atoms with Crippen molar-refractivity contribution in [1.29, 1.82) is 0 Å². The monoisotopic (exact) mass is 258 g/mol. The molecular weight excluding hydrogens is 252 g/mol. The molecule has 0 aromatic heterocycles. The Hall–Kier alpha value is -1.23. The van der Waals surface area contributed by atoms with E-state index < -0.39 is 12.3 Å². The average Bonchev–Trinajstić information content (AvgIpc) is 2.44. The van der Waals surface area contributed by atoms with E-state index in [0.29, 0.717) is 11.5 Å². The zero-order valence-electron chi connectivity index (χ0n) is 7.07. The maximum absolute atomic E-state index is 10.4. The van der Waals surface area contributed by atoms with Gasteiger partial charge in [0.15, 0.2) is 11.5 Å². The van der Waals surface area contributed by atoms with E-state index in [-0.39, 0.29) is 6.42 Å². The highest BCUT2D eigenvalue weighted by molar-refractivity contribution is 9.10. The number of carbonyl (C=O) groups is 1. The second kappa shape index (κ2) is 3.49. The van der Waals surface area contributed by atoms with Gasteiger partial charge in [-0.05, 0) is 18.2 Å². The molecule has 0 bridgehead atoms. The molecule has 74 valence electrons. The summed E-state index contributed by atoms with van der Waals surface area (Å²) in [4.78, 5) is 10.4. The van der Waals surface area contributed by atoms with Gasteiger partial charge in [-0.3, -0.25) is 4.79 Å². The quantitative estimate of drug-likeness (QED) is 0.882. The second-order valence-corrected chi connectivity index (χ2v) is 3.77. The molecule has 1 aromatic rings. The summed E-state index contributed by atoms with van der Waals surface area (Å²) in [7, 11) is 0. The third kappa shape index (κ3) is 1.82. The van der Waals surface area contributed by atoms with Gasteiger partial charge in [0.2, 0.25) is 0 Å². The van der Waals surface area contributed by atoms with Crippen LogP contribution in [0.3, 0.4) is 0 Å². The van der Waals surface area contributed by atoms with Gasteiger partial charge in [0, 0.05) is 4.47 Å². The van der Waals surface area contributed by atoms with Gasteiger partial charge in [-0.25, -0.2) is 0 Å². The molecule has 0 spiro atoms. The summed E-state index contributed by atoms with van der Waals surface area (Å²) in [6.45, 7) is 0. The van der Waals surface area contributed by atoms with Crippen LogP contribution in [0.25, 0.3) is 0 Å². The topological polar surface area (TPSA) is 55.8 Å². The number of carboxylic acid groups (broad SMARTS) is 1. The Morgan fingerprint density at radius 1 is 1.43 bits per heavy atom. The minimum absolute atomic E-state index is 0.160. The van der Waals surface area contributed by atoms with Crippen molar-refractivity contribution in [3.63, 3.8) is 0 Å². The minimum Gasteiger partial charge on any atom is -0.481 e. The van der Waals surface area contributed by atoms with Crippen molar-refractivity contribution < 1.29 is 19.4 Å². The van der Waals surface area contributed by atoms with Crippen LogP contribution in [-0.2, 0) is 4.79 Å². The molecule has 0 aliphatic carbocycles. The molecule has 0 saturated carbocycles. The van der Waals surface area contributed by atoms with Crippen LogP contribution in [0.1, 0.15) is 6.42 Å². The van der Waals surface area contributed by atoms with Crippen molar-refractivity contribution in [3.05, 3.63) is 22.7 Å². The second-order valence-electron chi connectivity index (χ2n) is 2.85. The lowest BCUT2D eigenvalue weighted by Gasteiger charge is -2.05. The van der Waals surface area contributed by atoms with E-state index in [9.17, 15) is 4.79 Å². The first-order valence-electron chi connectivity index (χ1n) is 4.00. The van der Waals surface area contributed by atoms with Gasteiger partial charge in [-0.15, -0.1) is 0 Å². The number of hydrogen-bond acceptors (Lipinski definition) is 3. The molecule has 0 radical (unpaired) electrons. The number of carboxylic acids is 1. The lowest BCUT2D eigenvalue weighted by atomic mass is 10.3. The van der Waals surface area contributed by atoms with E-state index in [2.05, 4.69) is 15.9 Å². The summed E-state index contributed by atoms with van der Waals surface area (Å²) in [6, 6.07) is 5.30. The van der Waals surface area contributed by atoms with Crippen LogP contribution in [-0.4, -0.2) is 17.4 Å². The SMILES string of the molecule is O=C(O)CC1Oc2ccc(Br)cc2O1. The van der Waals surface area contributed by atoms with E-state index >= 15 is 0 Å². The summed E-state index contributed by atoms with van der Waals surface area (Å²) in [6.07, 6.45) is -0.872. The highest BCUT2D eigenvalue weighted by Gasteiger charge is 2.26. The van der Waals surface area contributed by atoms with Gasteiger partial charge < -0.3 is 14.6 Å². The Bertz CT molecular complexity index is 377. The number of rotatable bonds is 2. The third-order valence-electron chi connectivity index (χ3n) is 1.76. The zero-order valence-corrected chi connectivity index (χ0v) is 8.65. The molecule has 1 aliphatic rings. The van der Waals surface area contributed by atoms with E-state index in [1.165, 1.54) is 0 Å². The van der Waals surface area contributed by atoms with Crippen molar-refractivity contribution in [2.75, 3.05) is 0 Å². The van der Waals surface area contributed by atoms with Crippen LogP contribution < -0.4 is 9.47 Å². The number of halogens is 1. The predicted molar refractivity (Wildman–Crippen MR) is 51.4 cm³/mol. The Kier molecular flexibility index (Phi) is 2.33. The number of hydrogen-bond donors (Lipinski definition) is 1. The van der Waals surface area contributed by atoms with Crippen molar-refractivity contribution in [3.8, 4) is 11.5 Å². The molecule has 0 amide bonds. The van der Waals surface area contributed by atoms with Crippen molar-refractivity contribution in [2.45, 2.75) is 12.7 Å². The molecular formula is C9H7BrO4. The highest BCUT2D eigenvalue weighted by Crippen LogP contribution is 2.37. The molecule has 1 aliphatic heterocycles. The summed E-state index contributed by atoms with van der Waals surface area (Å²) >= 11 is 3.28. The van der Waals surface area contributed by atoms with Gasteiger partial charge in [0.05, 0.1) is 0 Å². The summed E-state index contributed by atoms with van der Waals surface area (Å²) < 4.78 is 11.4. The lowest BCUT2D eigenvalue weighted by Crippen LogP contribution is -2.21.